The van der Waals surface area contributed by atoms with Gasteiger partial charge in [0, 0.05) is 24.6 Å². The minimum Gasteiger partial charge on any atom is -0.459 e. The highest BCUT2D eigenvalue weighted by molar-refractivity contribution is 5.69. The molecule has 0 radical (unpaired) electrons. The predicted molar refractivity (Wildman–Crippen MR) is 87.1 cm³/mol. The zero-order valence-corrected chi connectivity index (χ0v) is 13.0. The first-order valence-corrected chi connectivity index (χ1v) is 7.60. The maximum absolute atomic E-state index is 11.9. The predicted octanol–water partition coefficient (Wildman–Crippen LogP) is 3.37. The molecule has 2 heterocycles. The minimum absolute atomic E-state index is 0.0828. The van der Waals surface area contributed by atoms with Gasteiger partial charge in [0.15, 0.2) is 0 Å². The van der Waals surface area contributed by atoms with Crippen molar-refractivity contribution in [1.82, 2.24) is 14.3 Å². The molecule has 0 bridgehead atoms. The second kappa shape index (κ2) is 6.96. The molecule has 1 aromatic carbocycles. The maximum Gasteiger partial charge on any atom is 0.308 e. The molecule has 118 valence electrons. The van der Waals surface area contributed by atoms with Gasteiger partial charge in [-0.3, -0.25) is 4.79 Å². The molecule has 5 heteroatoms. The Balaban J connectivity index is 1.52. The van der Waals surface area contributed by atoms with Gasteiger partial charge in [0.25, 0.3) is 0 Å². The van der Waals surface area contributed by atoms with Crippen molar-refractivity contribution in [3.05, 3.63) is 72.8 Å². The normalized spacial score (nSPS) is 12.0. The minimum atomic E-state index is -0.222. The average Bonchev–Trinajstić information content (AvgIpc) is 3.25. The van der Waals surface area contributed by atoms with Crippen LogP contribution in [-0.2, 0) is 16.1 Å². The van der Waals surface area contributed by atoms with Crippen LogP contribution in [0.15, 0.2) is 67.1 Å². The summed E-state index contributed by atoms with van der Waals surface area (Å²) in [6.45, 7) is 2.18. The summed E-state index contributed by atoms with van der Waals surface area (Å²) in [4.78, 5) is 11.9. The van der Waals surface area contributed by atoms with Crippen LogP contribution in [0.4, 0.5) is 0 Å². The van der Waals surface area contributed by atoms with Gasteiger partial charge in [0.2, 0.25) is 0 Å². The number of rotatable bonds is 6. The molecular weight excluding hydrogens is 290 g/mol. The summed E-state index contributed by atoms with van der Waals surface area (Å²) in [6.07, 6.45) is 6.09. The summed E-state index contributed by atoms with van der Waals surface area (Å²) in [6, 6.07) is 15.6. The smallest absolute Gasteiger partial charge is 0.308 e. The van der Waals surface area contributed by atoms with Gasteiger partial charge < -0.3 is 9.30 Å². The Bertz CT molecular complexity index is 748. The fourth-order valence-electron chi connectivity index (χ4n) is 2.36. The summed E-state index contributed by atoms with van der Waals surface area (Å²) in [5.74, 6) is -0.222. The highest BCUT2D eigenvalue weighted by Crippen LogP contribution is 2.13. The molecular formula is C18H19N3O2. The molecule has 3 aromatic rings. The Morgan fingerprint density at radius 2 is 1.83 bits per heavy atom. The van der Waals surface area contributed by atoms with Crippen LogP contribution in [0.25, 0.3) is 5.69 Å². The molecule has 0 aliphatic rings. The second-order valence-electron chi connectivity index (χ2n) is 5.43. The SMILES string of the molecule is C[C@@H](CC(=O)OCc1ccn(-c2ccccc2)n1)n1cccc1. The van der Waals surface area contributed by atoms with Gasteiger partial charge in [-0.25, -0.2) is 4.68 Å². The van der Waals surface area contributed by atoms with Crippen LogP contribution in [0.2, 0.25) is 0 Å². The lowest BCUT2D eigenvalue weighted by atomic mass is 10.2. The van der Waals surface area contributed by atoms with Gasteiger partial charge in [0.1, 0.15) is 12.3 Å². The third-order valence-corrected chi connectivity index (χ3v) is 3.64. The van der Waals surface area contributed by atoms with Gasteiger partial charge in [-0.05, 0) is 37.3 Å². The van der Waals surface area contributed by atoms with Crippen molar-refractivity contribution in [1.29, 1.82) is 0 Å². The van der Waals surface area contributed by atoms with Gasteiger partial charge in [-0.15, -0.1) is 0 Å². The Morgan fingerprint density at radius 3 is 2.57 bits per heavy atom. The number of hydrogen-bond donors (Lipinski definition) is 0. The molecule has 0 unspecified atom stereocenters. The number of ether oxygens (including phenoxy) is 1. The molecule has 0 N–H and O–H groups in total. The number of carbonyl (C=O) groups is 1. The average molecular weight is 309 g/mol. The molecule has 0 fully saturated rings. The lowest BCUT2D eigenvalue weighted by Crippen LogP contribution is -2.12. The number of nitrogens with zero attached hydrogens (tertiary/aromatic N) is 3. The van der Waals surface area contributed by atoms with E-state index in [1.54, 1.807) is 4.68 Å². The van der Waals surface area contributed by atoms with E-state index in [4.69, 9.17) is 4.74 Å². The fraction of sp³-hybridized carbons (Fsp3) is 0.222. The third-order valence-electron chi connectivity index (χ3n) is 3.64. The summed E-state index contributed by atoms with van der Waals surface area (Å²) >= 11 is 0. The van der Waals surface area contributed by atoms with Gasteiger partial charge in [-0.2, -0.15) is 5.10 Å². The van der Waals surface area contributed by atoms with Crippen LogP contribution in [-0.4, -0.2) is 20.3 Å². The standard InChI is InChI=1S/C18H19N3O2/c1-15(20-10-5-6-11-20)13-18(22)23-14-16-9-12-21(19-16)17-7-3-2-4-8-17/h2-12,15H,13-14H2,1H3/t15-/m0/s1. The summed E-state index contributed by atoms with van der Waals surface area (Å²) < 4.78 is 9.08. The Morgan fingerprint density at radius 1 is 1.09 bits per heavy atom. The number of benzene rings is 1. The molecule has 0 amide bonds. The first-order valence-electron chi connectivity index (χ1n) is 7.60. The molecule has 3 rings (SSSR count). The van der Waals surface area contributed by atoms with Crippen molar-refractivity contribution in [3.63, 3.8) is 0 Å². The Labute approximate surface area is 135 Å². The topological polar surface area (TPSA) is 49.1 Å². The number of esters is 1. The highest BCUT2D eigenvalue weighted by Gasteiger charge is 2.12. The molecule has 0 saturated carbocycles. The molecule has 0 aliphatic carbocycles. The second-order valence-corrected chi connectivity index (χ2v) is 5.43. The van der Waals surface area contributed by atoms with E-state index in [0.29, 0.717) is 6.42 Å². The van der Waals surface area contributed by atoms with E-state index in [2.05, 4.69) is 5.10 Å². The first-order chi connectivity index (χ1) is 11.2. The van der Waals surface area contributed by atoms with E-state index >= 15 is 0 Å². The zero-order valence-electron chi connectivity index (χ0n) is 13.0. The van der Waals surface area contributed by atoms with Crippen molar-refractivity contribution < 1.29 is 9.53 Å². The van der Waals surface area contributed by atoms with Crippen molar-refractivity contribution in [2.45, 2.75) is 26.0 Å². The molecule has 0 aliphatic heterocycles. The van der Waals surface area contributed by atoms with Crippen LogP contribution in [0.5, 0.6) is 0 Å². The largest absolute Gasteiger partial charge is 0.459 e. The van der Waals surface area contributed by atoms with Gasteiger partial charge in [0.05, 0.1) is 12.1 Å². The Kier molecular flexibility index (Phi) is 4.57. The molecule has 2 aromatic heterocycles. The zero-order chi connectivity index (χ0) is 16.1. The Hall–Kier alpha value is -2.82. The summed E-state index contributed by atoms with van der Waals surface area (Å²) in [5.41, 5.74) is 1.71. The van der Waals surface area contributed by atoms with Crippen LogP contribution in [0, 0.1) is 0 Å². The number of aromatic nitrogens is 3. The molecule has 0 spiro atoms. The van der Waals surface area contributed by atoms with Gasteiger partial charge in [-0.1, -0.05) is 18.2 Å². The number of hydrogen-bond acceptors (Lipinski definition) is 3. The molecule has 1 atom stereocenters. The third kappa shape index (κ3) is 3.88. The van der Waals surface area contributed by atoms with Crippen LogP contribution >= 0.6 is 0 Å². The van der Waals surface area contributed by atoms with E-state index < -0.39 is 0 Å². The lowest BCUT2D eigenvalue weighted by molar-refractivity contribution is -0.145. The number of carbonyl (C=O) groups excluding carboxylic acids is 1. The van der Waals surface area contributed by atoms with E-state index in [9.17, 15) is 4.79 Å². The fourth-order valence-corrected chi connectivity index (χ4v) is 2.36. The number of para-hydroxylation sites is 1. The van der Waals surface area contributed by atoms with E-state index in [1.165, 1.54) is 0 Å². The van der Waals surface area contributed by atoms with Crippen LogP contribution in [0.3, 0.4) is 0 Å². The van der Waals surface area contributed by atoms with E-state index in [1.807, 2.05) is 78.6 Å². The lowest BCUT2D eigenvalue weighted by Gasteiger charge is -2.12. The van der Waals surface area contributed by atoms with Crippen molar-refractivity contribution >= 4 is 5.97 Å². The van der Waals surface area contributed by atoms with E-state index in [-0.39, 0.29) is 18.6 Å². The van der Waals surface area contributed by atoms with Crippen molar-refractivity contribution in [2.24, 2.45) is 0 Å². The van der Waals surface area contributed by atoms with E-state index in [0.717, 1.165) is 11.4 Å². The van der Waals surface area contributed by atoms with Crippen LogP contribution < -0.4 is 0 Å². The summed E-state index contributed by atoms with van der Waals surface area (Å²) in [7, 11) is 0. The summed E-state index contributed by atoms with van der Waals surface area (Å²) in [5, 5.41) is 4.42. The maximum atomic E-state index is 11.9. The highest BCUT2D eigenvalue weighted by atomic mass is 16.5. The van der Waals surface area contributed by atoms with Crippen LogP contribution in [0.1, 0.15) is 25.1 Å². The first kappa shape index (κ1) is 15.1. The molecule has 23 heavy (non-hydrogen) atoms. The molecule has 0 saturated heterocycles. The van der Waals surface area contributed by atoms with Crippen molar-refractivity contribution in [2.75, 3.05) is 0 Å². The monoisotopic (exact) mass is 309 g/mol. The quantitative estimate of drug-likeness (QED) is 0.656. The molecule has 5 nitrogen and oxygen atoms in total. The van der Waals surface area contributed by atoms with Crippen molar-refractivity contribution in [3.8, 4) is 5.69 Å². The van der Waals surface area contributed by atoms with Gasteiger partial charge >= 0.3 is 5.97 Å².